The maximum Gasteiger partial charge on any atom is 0.226 e. The molecule has 5 heteroatoms. The summed E-state index contributed by atoms with van der Waals surface area (Å²) in [5.74, 6) is 0.718. The first kappa shape index (κ1) is 10.9. The molecule has 1 amide bonds. The van der Waals surface area contributed by atoms with Crippen molar-refractivity contribution in [2.45, 2.75) is 19.8 Å². The lowest BCUT2D eigenvalue weighted by Gasteiger charge is -1.97. The zero-order chi connectivity index (χ0) is 11.4. The molecule has 2 heterocycles. The van der Waals surface area contributed by atoms with Gasteiger partial charge in [0.05, 0.1) is 6.26 Å². The van der Waals surface area contributed by atoms with Crippen LogP contribution in [0.4, 0.5) is 5.13 Å². The smallest absolute Gasteiger partial charge is 0.226 e. The van der Waals surface area contributed by atoms with E-state index in [1.807, 2.05) is 24.4 Å². The predicted molar refractivity (Wildman–Crippen MR) is 63.4 cm³/mol. The Balaban J connectivity index is 2.06. The second-order valence-corrected chi connectivity index (χ2v) is 4.17. The quantitative estimate of drug-likeness (QED) is 0.887. The van der Waals surface area contributed by atoms with E-state index in [1.165, 1.54) is 11.3 Å². The number of carbonyl (C=O) groups is 1. The zero-order valence-electron chi connectivity index (χ0n) is 8.90. The summed E-state index contributed by atoms with van der Waals surface area (Å²) in [6.07, 6.45) is 2.96. The Morgan fingerprint density at radius 1 is 1.62 bits per heavy atom. The molecule has 0 fully saturated rings. The Hall–Kier alpha value is -1.62. The third-order valence-corrected chi connectivity index (χ3v) is 2.76. The van der Waals surface area contributed by atoms with Crippen LogP contribution in [-0.2, 0) is 4.79 Å². The van der Waals surface area contributed by atoms with E-state index in [4.69, 9.17) is 4.42 Å². The number of carbonyl (C=O) groups excluding carboxylic acids is 1. The minimum absolute atomic E-state index is 0.00263. The highest BCUT2D eigenvalue weighted by Gasteiger charge is 2.08. The van der Waals surface area contributed by atoms with Gasteiger partial charge in [0, 0.05) is 11.8 Å². The lowest BCUT2D eigenvalue weighted by atomic mass is 10.3. The molecule has 0 unspecified atom stereocenters. The molecule has 1 N–H and O–H groups in total. The van der Waals surface area contributed by atoms with Crippen molar-refractivity contribution in [1.82, 2.24) is 4.98 Å². The van der Waals surface area contributed by atoms with Gasteiger partial charge in [-0.1, -0.05) is 6.92 Å². The number of nitrogens with zero attached hydrogens (tertiary/aromatic N) is 1. The second-order valence-electron chi connectivity index (χ2n) is 3.31. The number of furan rings is 1. The molecule has 84 valence electrons. The molecule has 0 bridgehead atoms. The molecule has 4 nitrogen and oxygen atoms in total. The first-order valence-corrected chi connectivity index (χ1v) is 5.97. The summed E-state index contributed by atoms with van der Waals surface area (Å²) in [5.41, 5.74) is 0.752. The fourth-order valence-corrected chi connectivity index (χ4v) is 1.99. The Bertz CT molecular complexity index is 462. The minimum Gasteiger partial charge on any atom is -0.463 e. The lowest BCUT2D eigenvalue weighted by Crippen LogP contribution is -2.10. The Morgan fingerprint density at radius 2 is 2.50 bits per heavy atom. The number of rotatable bonds is 4. The number of anilines is 1. The molecule has 0 aliphatic rings. The van der Waals surface area contributed by atoms with Crippen LogP contribution in [-0.4, -0.2) is 10.9 Å². The maximum atomic E-state index is 11.3. The highest BCUT2D eigenvalue weighted by Crippen LogP contribution is 2.25. The summed E-state index contributed by atoms with van der Waals surface area (Å²) in [7, 11) is 0. The van der Waals surface area contributed by atoms with Gasteiger partial charge < -0.3 is 9.73 Å². The number of aromatic nitrogens is 1. The Labute approximate surface area is 97.3 Å². The number of thiazole rings is 1. The molecule has 16 heavy (non-hydrogen) atoms. The normalized spacial score (nSPS) is 10.3. The van der Waals surface area contributed by atoms with Gasteiger partial charge in [-0.05, 0) is 18.6 Å². The van der Waals surface area contributed by atoms with Crippen LogP contribution in [0.3, 0.4) is 0 Å². The van der Waals surface area contributed by atoms with E-state index in [2.05, 4.69) is 10.3 Å². The van der Waals surface area contributed by atoms with Crippen molar-refractivity contribution < 1.29 is 9.21 Å². The van der Waals surface area contributed by atoms with Gasteiger partial charge in [-0.25, -0.2) is 4.98 Å². The molecule has 0 saturated heterocycles. The fraction of sp³-hybridized carbons (Fsp3) is 0.273. The fourth-order valence-electron chi connectivity index (χ4n) is 1.28. The van der Waals surface area contributed by atoms with E-state index in [-0.39, 0.29) is 5.91 Å². The van der Waals surface area contributed by atoms with Crippen LogP contribution in [0.2, 0.25) is 0 Å². The molecule has 0 saturated carbocycles. The third-order valence-electron chi connectivity index (χ3n) is 2.00. The van der Waals surface area contributed by atoms with Crippen molar-refractivity contribution in [3.05, 3.63) is 23.8 Å². The standard InChI is InChI=1S/C11H12N2O2S/c1-2-4-10(14)13-11-12-8(7-16-11)9-5-3-6-15-9/h3,5-7H,2,4H2,1H3,(H,12,13,14). The molecular weight excluding hydrogens is 224 g/mol. The Morgan fingerprint density at radius 3 is 3.19 bits per heavy atom. The monoisotopic (exact) mass is 236 g/mol. The predicted octanol–water partition coefficient (Wildman–Crippen LogP) is 3.14. The topological polar surface area (TPSA) is 55.1 Å². The van der Waals surface area contributed by atoms with Gasteiger partial charge in [0.15, 0.2) is 10.9 Å². The van der Waals surface area contributed by atoms with Crippen molar-refractivity contribution in [3.63, 3.8) is 0 Å². The van der Waals surface area contributed by atoms with Crippen LogP contribution < -0.4 is 5.32 Å². The van der Waals surface area contributed by atoms with Crippen LogP contribution in [0.1, 0.15) is 19.8 Å². The first-order valence-electron chi connectivity index (χ1n) is 5.09. The summed E-state index contributed by atoms with van der Waals surface area (Å²) < 4.78 is 5.22. The molecule has 0 atom stereocenters. The number of nitrogens with one attached hydrogen (secondary N) is 1. The van der Waals surface area contributed by atoms with E-state index in [9.17, 15) is 4.79 Å². The SMILES string of the molecule is CCCC(=O)Nc1nc(-c2ccco2)cs1. The van der Waals surface area contributed by atoms with E-state index < -0.39 is 0 Å². The van der Waals surface area contributed by atoms with Gasteiger partial charge in [0.25, 0.3) is 0 Å². The first-order chi connectivity index (χ1) is 7.79. The van der Waals surface area contributed by atoms with Crippen LogP contribution in [0.5, 0.6) is 0 Å². The highest BCUT2D eigenvalue weighted by atomic mass is 32.1. The van der Waals surface area contributed by atoms with E-state index in [0.717, 1.165) is 12.1 Å². The number of hydrogen-bond donors (Lipinski definition) is 1. The molecule has 0 radical (unpaired) electrons. The van der Waals surface area contributed by atoms with Gasteiger partial charge in [0.1, 0.15) is 5.69 Å². The zero-order valence-corrected chi connectivity index (χ0v) is 9.71. The molecule has 0 spiro atoms. The molecule has 0 aliphatic heterocycles. The van der Waals surface area contributed by atoms with Crippen molar-refractivity contribution >= 4 is 22.4 Å². The summed E-state index contributed by atoms with van der Waals surface area (Å²) >= 11 is 1.40. The summed E-state index contributed by atoms with van der Waals surface area (Å²) in [6.45, 7) is 1.97. The molecule has 2 aromatic heterocycles. The number of hydrogen-bond acceptors (Lipinski definition) is 4. The van der Waals surface area contributed by atoms with Crippen LogP contribution in [0.15, 0.2) is 28.2 Å². The van der Waals surface area contributed by atoms with Crippen molar-refractivity contribution in [2.24, 2.45) is 0 Å². The third kappa shape index (κ3) is 2.49. The van der Waals surface area contributed by atoms with Gasteiger partial charge in [0.2, 0.25) is 5.91 Å². The van der Waals surface area contributed by atoms with Gasteiger partial charge in [-0.15, -0.1) is 11.3 Å². The maximum absolute atomic E-state index is 11.3. The number of amides is 1. The van der Waals surface area contributed by atoms with Crippen molar-refractivity contribution in [1.29, 1.82) is 0 Å². The Kier molecular flexibility index (Phi) is 3.36. The van der Waals surface area contributed by atoms with E-state index in [0.29, 0.717) is 17.3 Å². The van der Waals surface area contributed by atoms with Crippen molar-refractivity contribution in [2.75, 3.05) is 5.32 Å². The largest absolute Gasteiger partial charge is 0.463 e. The van der Waals surface area contributed by atoms with Gasteiger partial charge >= 0.3 is 0 Å². The van der Waals surface area contributed by atoms with Gasteiger partial charge in [-0.2, -0.15) is 0 Å². The highest BCUT2D eigenvalue weighted by molar-refractivity contribution is 7.14. The summed E-state index contributed by atoms with van der Waals surface area (Å²) in [4.78, 5) is 15.6. The minimum atomic E-state index is 0.00263. The van der Waals surface area contributed by atoms with Crippen LogP contribution >= 0.6 is 11.3 Å². The van der Waals surface area contributed by atoms with Crippen molar-refractivity contribution in [3.8, 4) is 11.5 Å². The molecule has 2 rings (SSSR count). The molecule has 0 aliphatic carbocycles. The van der Waals surface area contributed by atoms with Crippen LogP contribution in [0, 0.1) is 0 Å². The van der Waals surface area contributed by atoms with E-state index >= 15 is 0 Å². The lowest BCUT2D eigenvalue weighted by molar-refractivity contribution is -0.116. The molecule has 0 aromatic carbocycles. The summed E-state index contributed by atoms with van der Waals surface area (Å²) in [5, 5.41) is 5.23. The van der Waals surface area contributed by atoms with E-state index in [1.54, 1.807) is 6.26 Å². The van der Waals surface area contributed by atoms with Crippen LogP contribution in [0.25, 0.3) is 11.5 Å². The van der Waals surface area contributed by atoms with Gasteiger partial charge in [-0.3, -0.25) is 4.79 Å². The molecule has 2 aromatic rings. The average Bonchev–Trinajstić information content (AvgIpc) is 2.86. The molecular formula is C11H12N2O2S. The summed E-state index contributed by atoms with van der Waals surface area (Å²) in [6, 6.07) is 3.65. The second kappa shape index (κ2) is 4.94. The average molecular weight is 236 g/mol.